The first-order valence-corrected chi connectivity index (χ1v) is 10.5. The van der Waals surface area contributed by atoms with Gasteiger partial charge in [0.25, 0.3) is 11.5 Å². The van der Waals surface area contributed by atoms with Gasteiger partial charge in [-0.05, 0) is 61.4 Å². The summed E-state index contributed by atoms with van der Waals surface area (Å²) in [6.07, 6.45) is 3.78. The smallest absolute Gasteiger partial charge is 0.280 e. The van der Waals surface area contributed by atoms with Crippen molar-refractivity contribution < 1.29 is 4.79 Å². The van der Waals surface area contributed by atoms with E-state index in [0.717, 1.165) is 36.4 Å². The summed E-state index contributed by atoms with van der Waals surface area (Å²) in [5.74, 6) is 0.0226. The molecule has 1 aliphatic carbocycles. The van der Waals surface area contributed by atoms with E-state index in [1.54, 1.807) is 18.2 Å². The van der Waals surface area contributed by atoms with Crippen molar-refractivity contribution in [3.63, 3.8) is 0 Å². The molecule has 0 bridgehead atoms. The number of hydrogen-bond acceptors (Lipinski definition) is 3. The molecule has 1 saturated carbocycles. The van der Waals surface area contributed by atoms with Gasteiger partial charge in [-0.3, -0.25) is 14.7 Å². The van der Waals surface area contributed by atoms with Crippen LogP contribution in [0.5, 0.6) is 0 Å². The number of carbonyl (C=O) groups is 1. The molecule has 0 aliphatic heterocycles. The second-order valence-electron chi connectivity index (χ2n) is 7.96. The number of nitrogens with zero attached hydrogens (tertiary/aromatic N) is 2. The summed E-state index contributed by atoms with van der Waals surface area (Å²) in [4.78, 5) is 29.9. The Kier molecular flexibility index (Phi) is 4.59. The Bertz CT molecular complexity index is 1320. The number of nitrogens with two attached hydrogens (primary N) is 1. The van der Waals surface area contributed by atoms with Gasteiger partial charge in [0.1, 0.15) is 5.56 Å². The molecule has 2 aromatic heterocycles. The van der Waals surface area contributed by atoms with E-state index in [9.17, 15) is 9.59 Å². The summed E-state index contributed by atoms with van der Waals surface area (Å²) in [7, 11) is 0. The third-order valence-corrected chi connectivity index (χ3v) is 6.48. The third kappa shape index (κ3) is 3.08. The number of aromatic nitrogens is 3. The minimum atomic E-state index is -0.564. The lowest BCUT2D eigenvalue weighted by Crippen LogP contribution is -2.18. The molecule has 2 heterocycles. The monoisotopic (exact) mass is 420 g/mol. The number of carbonyl (C=O) groups excluding carboxylic acids is 1. The Morgan fingerprint density at radius 3 is 2.40 bits per heavy atom. The van der Waals surface area contributed by atoms with Crippen molar-refractivity contribution in [3.05, 3.63) is 80.7 Å². The molecule has 4 aromatic rings. The van der Waals surface area contributed by atoms with Crippen molar-refractivity contribution in [1.29, 1.82) is 0 Å². The molecule has 1 fully saturated rings. The molecule has 0 saturated heterocycles. The van der Waals surface area contributed by atoms with Crippen molar-refractivity contribution >= 4 is 34.1 Å². The highest BCUT2D eigenvalue weighted by Crippen LogP contribution is 2.41. The summed E-state index contributed by atoms with van der Waals surface area (Å²) < 4.78 is 1.36. The number of amides is 1. The van der Waals surface area contributed by atoms with E-state index in [4.69, 9.17) is 17.3 Å². The molecule has 0 unspecified atom stereocenters. The molecular formula is C23H21ClN4O2. The van der Waals surface area contributed by atoms with Crippen molar-refractivity contribution in [2.45, 2.75) is 37.5 Å². The second-order valence-corrected chi connectivity index (χ2v) is 8.39. The largest absolute Gasteiger partial charge is 0.365 e. The number of fused-ring (bicyclic) bond motifs is 2. The Morgan fingerprint density at radius 2 is 1.70 bits per heavy atom. The normalized spacial score (nSPS) is 19.4. The standard InChI is InChI=1S/C23H21ClN4O2/c24-16-11-9-14(10-12-16)13-5-7-15(8-6-13)20-19(21(25)29)22-26-18-4-2-1-3-17(18)23(30)28(22)27-20/h1-4,9-13,15,27H,5-8H2,(H2,25,29). The highest BCUT2D eigenvalue weighted by atomic mass is 35.5. The zero-order chi connectivity index (χ0) is 20.8. The summed E-state index contributed by atoms with van der Waals surface area (Å²) in [6.45, 7) is 0. The van der Waals surface area contributed by atoms with Gasteiger partial charge in [-0.1, -0.05) is 35.9 Å². The molecule has 30 heavy (non-hydrogen) atoms. The minimum absolute atomic E-state index is 0.125. The average molecular weight is 421 g/mol. The number of nitrogens with one attached hydrogen (secondary N) is 1. The van der Waals surface area contributed by atoms with Crippen molar-refractivity contribution in [1.82, 2.24) is 14.6 Å². The first kappa shape index (κ1) is 18.9. The van der Waals surface area contributed by atoms with Gasteiger partial charge in [0.05, 0.1) is 16.6 Å². The molecule has 7 heteroatoms. The van der Waals surface area contributed by atoms with Crippen LogP contribution in [0.4, 0.5) is 0 Å². The van der Waals surface area contributed by atoms with E-state index in [2.05, 4.69) is 22.2 Å². The number of benzene rings is 2. The van der Waals surface area contributed by atoms with Crippen LogP contribution in [-0.2, 0) is 0 Å². The maximum atomic E-state index is 13.0. The van der Waals surface area contributed by atoms with E-state index in [-0.39, 0.29) is 11.5 Å². The lowest BCUT2D eigenvalue weighted by atomic mass is 9.77. The molecule has 0 radical (unpaired) electrons. The zero-order valence-electron chi connectivity index (χ0n) is 16.3. The van der Waals surface area contributed by atoms with Gasteiger partial charge in [-0.15, -0.1) is 0 Å². The number of rotatable bonds is 3. The summed E-state index contributed by atoms with van der Waals surface area (Å²) in [5, 5.41) is 4.40. The number of H-pyrrole nitrogens is 1. The van der Waals surface area contributed by atoms with Gasteiger partial charge in [0, 0.05) is 10.9 Å². The zero-order valence-corrected chi connectivity index (χ0v) is 17.0. The van der Waals surface area contributed by atoms with Gasteiger partial charge < -0.3 is 5.73 Å². The van der Waals surface area contributed by atoms with E-state index in [1.165, 1.54) is 10.1 Å². The molecule has 2 aromatic carbocycles. The Labute approximate surface area is 177 Å². The Hall–Kier alpha value is -3.12. The van der Waals surface area contributed by atoms with E-state index in [0.29, 0.717) is 28.0 Å². The van der Waals surface area contributed by atoms with Gasteiger partial charge in [-0.2, -0.15) is 0 Å². The van der Waals surface area contributed by atoms with E-state index in [1.807, 2.05) is 18.2 Å². The lowest BCUT2D eigenvalue weighted by Gasteiger charge is -2.28. The van der Waals surface area contributed by atoms with Gasteiger partial charge in [0.15, 0.2) is 5.65 Å². The molecule has 1 amide bonds. The van der Waals surface area contributed by atoms with Crippen LogP contribution in [0, 0.1) is 0 Å². The maximum absolute atomic E-state index is 13.0. The second kappa shape index (κ2) is 7.29. The predicted molar refractivity (Wildman–Crippen MR) is 117 cm³/mol. The minimum Gasteiger partial charge on any atom is -0.365 e. The van der Waals surface area contributed by atoms with Crippen LogP contribution in [0.2, 0.25) is 5.02 Å². The average Bonchev–Trinajstić information content (AvgIpc) is 3.15. The van der Waals surface area contributed by atoms with Crippen molar-refractivity contribution in [2.24, 2.45) is 5.73 Å². The van der Waals surface area contributed by atoms with Crippen LogP contribution < -0.4 is 11.3 Å². The molecule has 1 aliphatic rings. The number of para-hydroxylation sites is 1. The quantitative estimate of drug-likeness (QED) is 0.515. The summed E-state index contributed by atoms with van der Waals surface area (Å²) in [6, 6.07) is 15.1. The molecule has 5 rings (SSSR count). The van der Waals surface area contributed by atoms with Crippen LogP contribution in [0.25, 0.3) is 16.6 Å². The number of primary amides is 1. The Morgan fingerprint density at radius 1 is 1.03 bits per heavy atom. The van der Waals surface area contributed by atoms with Gasteiger partial charge >= 0.3 is 0 Å². The van der Waals surface area contributed by atoms with Crippen LogP contribution in [0.1, 0.15) is 59.1 Å². The van der Waals surface area contributed by atoms with Crippen LogP contribution >= 0.6 is 11.6 Å². The molecule has 3 N–H and O–H groups in total. The lowest BCUT2D eigenvalue weighted by molar-refractivity contribution is 0.1000. The fourth-order valence-corrected chi connectivity index (χ4v) is 4.82. The van der Waals surface area contributed by atoms with Gasteiger partial charge in [-0.25, -0.2) is 9.50 Å². The van der Waals surface area contributed by atoms with Crippen molar-refractivity contribution in [3.8, 4) is 0 Å². The summed E-state index contributed by atoms with van der Waals surface area (Å²) >= 11 is 6.01. The highest BCUT2D eigenvalue weighted by molar-refractivity contribution is 6.30. The molecular weight excluding hydrogens is 400 g/mol. The first-order chi connectivity index (χ1) is 14.5. The van der Waals surface area contributed by atoms with Crippen LogP contribution in [0.3, 0.4) is 0 Å². The molecule has 0 atom stereocenters. The Balaban J connectivity index is 1.53. The topological polar surface area (TPSA) is 93.3 Å². The van der Waals surface area contributed by atoms with Crippen LogP contribution in [-0.4, -0.2) is 20.5 Å². The van der Waals surface area contributed by atoms with E-state index < -0.39 is 5.91 Å². The third-order valence-electron chi connectivity index (χ3n) is 6.22. The first-order valence-electron chi connectivity index (χ1n) is 10.1. The predicted octanol–water partition coefficient (Wildman–Crippen LogP) is 4.37. The number of halogens is 1. The SMILES string of the molecule is NC(=O)c1c(C2CCC(c3ccc(Cl)cc3)CC2)[nH]n2c(=O)c3ccccc3nc12. The maximum Gasteiger partial charge on any atom is 0.280 e. The highest BCUT2D eigenvalue weighted by Gasteiger charge is 2.30. The van der Waals surface area contributed by atoms with E-state index >= 15 is 0 Å². The van der Waals surface area contributed by atoms with Crippen LogP contribution in [0.15, 0.2) is 53.3 Å². The number of hydrogen-bond donors (Lipinski definition) is 2. The molecule has 152 valence electrons. The molecule has 0 spiro atoms. The van der Waals surface area contributed by atoms with Crippen molar-refractivity contribution in [2.75, 3.05) is 0 Å². The van der Waals surface area contributed by atoms with Gasteiger partial charge in [0.2, 0.25) is 0 Å². The fraction of sp³-hybridized carbons (Fsp3) is 0.261. The molecule has 6 nitrogen and oxygen atoms in total. The fourth-order valence-electron chi connectivity index (χ4n) is 4.69. The summed E-state index contributed by atoms with van der Waals surface area (Å²) in [5.41, 5.74) is 8.70. The number of aromatic amines is 1.